The molecule has 4 nitrogen and oxygen atoms in total. The van der Waals surface area contributed by atoms with Crippen molar-refractivity contribution in [3.8, 4) is 84.7 Å². The number of fused-ring (bicyclic) bond motifs is 6. The minimum atomic E-state index is 0.556. The first-order valence-electron chi connectivity index (χ1n) is 22.2. The Morgan fingerprint density at radius 1 is 0.258 bits per heavy atom. The molecular weight excluding hydrogens is 801 g/mol. The molecule has 0 aliphatic heterocycles. The lowest BCUT2D eigenvalue weighted by Crippen LogP contribution is -2.01. The van der Waals surface area contributed by atoms with Gasteiger partial charge in [0, 0.05) is 16.7 Å². The highest BCUT2D eigenvalue weighted by atomic mass is 15.0. The molecule has 66 heavy (non-hydrogen) atoms. The van der Waals surface area contributed by atoms with Gasteiger partial charge in [-0.15, -0.1) is 0 Å². The maximum atomic E-state index is 10.8. The van der Waals surface area contributed by atoms with E-state index < -0.39 is 0 Å². The van der Waals surface area contributed by atoms with E-state index in [0.29, 0.717) is 23.0 Å². The van der Waals surface area contributed by atoms with Crippen LogP contribution in [0.2, 0.25) is 0 Å². The SMILES string of the molecule is N#Cc1cc(-c2ccccc2-c2nc(-c3ccccc3)nc(-c3cccc4c3ccc3ccccc34)n2)ccc1-c1cccc(-c2ccccc2-c2cccc3c2ccc2ccccc23)c1. The fourth-order valence-corrected chi connectivity index (χ4v) is 9.65. The van der Waals surface area contributed by atoms with Gasteiger partial charge >= 0.3 is 0 Å². The third kappa shape index (κ3) is 6.75. The lowest BCUT2D eigenvalue weighted by Gasteiger charge is -2.15. The maximum absolute atomic E-state index is 10.8. The molecule has 306 valence electrons. The van der Waals surface area contributed by atoms with Gasteiger partial charge in [0.25, 0.3) is 0 Å². The van der Waals surface area contributed by atoms with Crippen LogP contribution in [0.5, 0.6) is 0 Å². The number of hydrogen-bond donors (Lipinski definition) is 0. The zero-order chi connectivity index (χ0) is 44.0. The van der Waals surface area contributed by atoms with Crippen molar-refractivity contribution < 1.29 is 0 Å². The van der Waals surface area contributed by atoms with E-state index in [-0.39, 0.29) is 0 Å². The number of aromatic nitrogens is 3. The first-order chi connectivity index (χ1) is 32.7. The number of nitrogens with zero attached hydrogens (tertiary/aromatic N) is 4. The van der Waals surface area contributed by atoms with Gasteiger partial charge in [0.2, 0.25) is 0 Å². The lowest BCUT2D eigenvalue weighted by atomic mass is 9.88. The fourth-order valence-electron chi connectivity index (χ4n) is 9.65. The van der Waals surface area contributed by atoms with E-state index >= 15 is 0 Å². The average Bonchev–Trinajstić information content (AvgIpc) is 3.40. The molecule has 0 bridgehead atoms. The summed E-state index contributed by atoms with van der Waals surface area (Å²) in [6.45, 7) is 0. The summed E-state index contributed by atoms with van der Waals surface area (Å²) in [7, 11) is 0. The molecule has 0 atom stereocenters. The van der Waals surface area contributed by atoms with E-state index in [1.807, 2.05) is 48.5 Å². The number of nitriles is 1. The Labute approximate surface area is 382 Å². The van der Waals surface area contributed by atoms with Gasteiger partial charge in [-0.1, -0.05) is 218 Å². The second-order valence-electron chi connectivity index (χ2n) is 16.6. The molecule has 0 aliphatic carbocycles. The van der Waals surface area contributed by atoms with Crippen molar-refractivity contribution in [1.29, 1.82) is 5.26 Å². The predicted octanol–water partition coefficient (Wildman–Crippen LogP) is 16.0. The molecule has 12 aromatic rings. The summed E-state index contributed by atoms with van der Waals surface area (Å²) < 4.78 is 0. The minimum Gasteiger partial charge on any atom is -0.208 e. The van der Waals surface area contributed by atoms with Crippen LogP contribution >= 0.6 is 0 Å². The van der Waals surface area contributed by atoms with Crippen LogP contribution in [0.1, 0.15) is 5.56 Å². The summed E-state index contributed by atoms with van der Waals surface area (Å²) in [5, 5.41) is 20.3. The number of benzene rings is 11. The normalized spacial score (nSPS) is 11.3. The summed E-state index contributed by atoms with van der Waals surface area (Å²) in [5.74, 6) is 1.74. The molecule has 0 radical (unpaired) electrons. The van der Waals surface area contributed by atoms with Crippen molar-refractivity contribution in [2.24, 2.45) is 0 Å². The van der Waals surface area contributed by atoms with Crippen LogP contribution in [0, 0.1) is 11.3 Å². The molecule has 0 fully saturated rings. The zero-order valence-electron chi connectivity index (χ0n) is 35.7. The quantitative estimate of drug-likeness (QED) is 0.150. The van der Waals surface area contributed by atoms with Crippen LogP contribution in [0.4, 0.5) is 0 Å². The van der Waals surface area contributed by atoms with Gasteiger partial charge < -0.3 is 0 Å². The third-order valence-electron chi connectivity index (χ3n) is 12.8. The molecule has 0 N–H and O–H groups in total. The second-order valence-corrected chi connectivity index (χ2v) is 16.6. The molecule has 0 spiro atoms. The largest absolute Gasteiger partial charge is 0.208 e. The molecule has 0 saturated carbocycles. The fraction of sp³-hybridized carbons (Fsp3) is 0. The molecule has 0 saturated heterocycles. The van der Waals surface area contributed by atoms with Crippen LogP contribution in [0.3, 0.4) is 0 Å². The van der Waals surface area contributed by atoms with Crippen LogP contribution in [-0.4, -0.2) is 15.0 Å². The summed E-state index contributed by atoms with van der Waals surface area (Å²) in [6.07, 6.45) is 0. The van der Waals surface area contributed by atoms with E-state index in [9.17, 15) is 5.26 Å². The van der Waals surface area contributed by atoms with Crippen molar-refractivity contribution in [1.82, 2.24) is 15.0 Å². The Hall–Kier alpha value is -9.04. The molecule has 11 aromatic carbocycles. The summed E-state index contributed by atoms with van der Waals surface area (Å²) in [4.78, 5) is 15.5. The van der Waals surface area contributed by atoms with Crippen molar-refractivity contribution in [2.45, 2.75) is 0 Å². The average molecular weight is 839 g/mol. The van der Waals surface area contributed by atoms with Crippen molar-refractivity contribution in [3.63, 3.8) is 0 Å². The Morgan fingerprint density at radius 2 is 0.712 bits per heavy atom. The maximum Gasteiger partial charge on any atom is 0.164 e. The van der Waals surface area contributed by atoms with Gasteiger partial charge in [0.1, 0.15) is 0 Å². The smallest absolute Gasteiger partial charge is 0.164 e. The lowest BCUT2D eigenvalue weighted by molar-refractivity contribution is 1.08. The highest BCUT2D eigenvalue weighted by molar-refractivity contribution is 6.13. The van der Waals surface area contributed by atoms with E-state index in [1.165, 1.54) is 37.9 Å². The third-order valence-corrected chi connectivity index (χ3v) is 12.8. The standard InChI is InChI=1S/C62H38N4/c63-39-46-38-45(33-34-47(46)43-19-12-20-44(37-43)50-23-8-10-25-52(50)55-29-13-27-53-48-21-6-4-15-40(48)31-35-56(53)55)51-24-9-11-26-58(51)61-64-60(42-17-2-1-3-18-42)65-62(66-61)59-30-14-28-54-49-22-7-5-16-41(49)32-36-57(54)59/h1-38H. The molecule has 0 unspecified atom stereocenters. The Balaban J connectivity index is 0.948. The van der Waals surface area contributed by atoms with E-state index in [0.717, 1.165) is 66.4 Å². The Morgan fingerprint density at radius 3 is 1.39 bits per heavy atom. The highest BCUT2D eigenvalue weighted by Gasteiger charge is 2.19. The molecule has 1 aromatic heterocycles. The Bertz CT molecular complexity index is 3900. The van der Waals surface area contributed by atoms with Crippen LogP contribution in [-0.2, 0) is 0 Å². The highest BCUT2D eigenvalue weighted by Crippen LogP contribution is 2.41. The molecule has 1 heterocycles. The minimum absolute atomic E-state index is 0.556. The monoisotopic (exact) mass is 838 g/mol. The Kier molecular flexibility index (Phi) is 9.51. The van der Waals surface area contributed by atoms with Crippen LogP contribution in [0.25, 0.3) is 122 Å². The van der Waals surface area contributed by atoms with Gasteiger partial charge in [-0.25, -0.2) is 15.0 Å². The molecule has 12 rings (SSSR count). The predicted molar refractivity (Wildman–Crippen MR) is 273 cm³/mol. The van der Waals surface area contributed by atoms with Crippen molar-refractivity contribution in [3.05, 3.63) is 236 Å². The molecular formula is C62H38N4. The second kappa shape index (κ2) is 16.3. The van der Waals surface area contributed by atoms with Crippen molar-refractivity contribution >= 4 is 43.1 Å². The van der Waals surface area contributed by atoms with E-state index in [1.54, 1.807) is 0 Å². The molecule has 0 amide bonds. The number of hydrogen-bond acceptors (Lipinski definition) is 4. The van der Waals surface area contributed by atoms with E-state index in [2.05, 4.69) is 188 Å². The van der Waals surface area contributed by atoms with Gasteiger partial charge in [0.05, 0.1) is 11.6 Å². The first kappa shape index (κ1) is 38.6. The number of rotatable bonds is 7. The van der Waals surface area contributed by atoms with Gasteiger partial charge in [-0.3, -0.25) is 0 Å². The summed E-state index contributed by atoms with van der Waals surface area (Å²) in [6, 6.07) is 82.8. The molecule has 0 aliphatic rings. The van der Waals surface area contributed by atoms with Gasteiger partial charge in [-0.2, -0.15) is 5.26 Å². The van der Waals surface area contributed by atoms with Gasteiger partial charge in [-0.05, 0) is 99.7 Å². The van der Waals surface area contributed by atoms with Crippen LogP contribution in [0.15, 0.2) is 231 Å². The molecule has 4 heteroatoms. The zero-order valence-corrected chi connectivity index (χ0v) is 35.7. The van der Waals surface area contributed by atoms with Crippen molar-refractivity contribution in [2.75, 3.05) is 0 Å². The summed E-state index contributed by atoms with van der Waals surface area (Å²) >= 11 is 0. The van der Waals surface area contributed by atoms with Crippen LogP contribution < -0.4 is 0 Å². The van der Waals surface area contributed by atoms with Gasteiger partial charge in [0.15, 0.2) is 17.5 Å². The van der Waals surface area contributed by atoms with E-state index in [4.69, 9.17) is 15.0 Å². The topological polar surface area (TPSA) is 62.5 Å². The first-order valence-corrected chi connectivity index (χ1v) is 22.2. The summed E-state index contributed by atoms with van der Waals surface area (Å²) in [5.41, 5.74) is 11.5.